The second-order valence-electron chi connectivity index (χ2n) is 8.19. The first-order valence-corrected chi connectivity index (χ1v) is 12.2. The molecule has 1 fully saturated rings. The van der Waals surface area contributed by atoms with E-state index in [4.69, 9.17) is 28.6 Å². The zero-order chi connectivity index (χ0) is 24.8. The number of hydrogen-bond acceptors (Lipinski definition) is 4. The summed E-state index contributed by atoms with van der Waals surface area (Å²) in [6, 6.07) is 23.1. The van der Waals surface area contributed by atoms with Crippen LogP contribution in [0.5, 0.6) is 5.75 Å². The minimum Gasteiger partial charge on any atom is -0.494 e. The fourth-order valence-electron chi connectivity index (χ4n) is 3.86. The normalized spacial score (nSPS) is 15.4. The maximum atomic E-state index is 13.5. The monoisotopic (exact) mass is 507 g/mol. The standard InChI is InChI=1S/C27H26ClN3O3S/c1-2-16-34-23-14-12-21(13-15-23)29-25(32)17-24-26(33)31(22-6-4-3-5-7-22)27(35)30(24)18-19-8-10-20(28)11-9-19/h3-15,24H,2,16-18H2,1H3,(H,29,32). The van der Waals surface area contributed by atoms with Crippen LogP contribution in [-0.4, -0.2) is 34.5 Å². The van der Waals surface area contributed by atoms with E-state index in [0.717, 1.165) is 17.7 Å². The van der Waals surface area contributed by atoms with E-state index in [-0.39, 0.29) is 18.2 Å². The number of para-hydroxylation sites is 1. The summed E-state index contributed by atoms with van der Waals surface area (Å²) in [4.78, 5) is 29.7. The quantitative estimate of drug-likeness (QED) is 0.379. The SMILES string of the molecule is CCCOc1ccc(NC(=O)CC2C(=O)N(c3ccccc3)C(=S)N2Cc2ccc(Cl)cc2)cc1. The third kappa shape index (κ3) is 5.99. The average Bonchev–Trinajstić information content (AvgIpc) is 3.09. The van der Waals surface area contributed by atoms with E-state index in [9.17, 15) is 9.59 Å². The molecular formula is C27H26ClN3O3S. The summed E-state index contributed by atoms with van der Waals surface area (Å²) >= 11 is 11.7. The predicted octanol–water partition coefficient (Wildman–Crippen LogP) is 5.66. The molecule has 1 aliphatic heterocycles. The number of carbonyl (C=O) groups is 2. The predicted molar refractivity (Wildman–Crippen MR) is 143 cm³/mol. The lowest BCUT2D eigenvalue weighted by Gasteiger charge is -2.24. The summed E-state index contributed by atoms with van der Waals surface area (Å²) in [5.41, 5.74) is 2.25. The first kappa shape index (κ1) is 24.7. The van der Waals surface area contributed by atoms with Crippen molar-refractivity contribution in [1.82, 2.24) is 4.90 Å². The van der Waals surface area contributed by atoms with Crippen molar-refractivity contribution in [2.75, 3.05) is 16.8 Å². The fraction of sp³-hybridized carbons (Fsp3) is 0.222. The largest absolute Gasteiger partial charge is 0.494 e. The molecule has 1 heterocycles. The second-order valence-corrected chi connectivity index (χ2v) is 8.99. The Kier molecular flexibility index (Phi) is 8.00. The van der Waals surface area contributed by atoms with Crippen LogP contribution in [0, 0.1) is 0 Å². The molecule has 8 heteroatoms. The van der Waals surface area contributed by atoms with E-state index in [1.807, 2.05) is 61.5 Å². The molecule has 4 rings (SSSR count). The third-order valence-electron chi connectivity index (χ3n) is 5.59. The van der Waals surface area contributed by atoms with E-state index >= 15 is 0 Å². The van der Waals surface area contributed by atoms with Crippen molar-refractivity contribution in [3.05, 3.63) is 89.4 Å². The number of benzene rings is 3. The lowest BCUT2D eigenvalue weighted by molar-refractivity contribution is -0.124. The van der Waals surface area contributed by atoms with Crippen LogP contribution in [-0.2, 0) is 16.1 Å². The number of nitrogens with zero attached hydrogens (tertiary/aromatic N) is 2. The van der Waals surface area contributed by atoms with Crippen LogP contribution in [0.2, 0.25) is 5.02 Å². The molecular weight excluding hydrogens is 482 g/mol. The second kappa shape index (κ2) is 11.3. The summed E-state index contributed by atoms with van der Waals surface area (Å²) in [6.07, 6.45) is 0.881. The highest BCUT2D eigenvalue weighted by Gasteiger charge is 2.44. The van der Waals surface area contributed by atoms with Crippen LogP contribution < -0.4 is 15.0 Å². The smallest absolute Gasteiger partial charge is 0.256 e. The summed E-state index contributed by atoms with van der Waals surface area (Å²) in [5, 5.41) is 3.88. The van der Waals surface area contributed by atoms with E-state index in [0.29, 0.717) is 34.7 Å². The van der Waals surface area contributed by atoms with Crippen molar-refractivity contribution in [1.29, 1.82) is 0 Å². The molecule has 0 aromatic heterocycles. The van der Waals surface area contributed by atoms with Gasteiger partial charge in [0, 0.05) is 17.3 Å². The summed E-state index contributed by atoms with van der Waals surface area (Å²) in [6.45, 7) is 3.06. The van der Waals surface area contributed by atoms with Gasteiger partial charge in [-0.3, -0.25) is 14.5 Å². The molecule has 0 aliphatic carbocycles. The van der Waals surface area contributed by atoms with Gasteiger partial charge in [0.25, 0.3) is 5.91 Å². The van der Waals surface area contributed by atoms with Gasteiger partial charge >= 0.3 is 0 Å². The molecule has 3 aromatic rings. The van der Waals surface area contributed by atoms with Crippen LogP contribution >= 0.6 is 23.8 Å². The molecule has 0 spiro atoms. The molecule has 2 amide bonds. The number of anilines is 2. The Bertz CT molecular complexity index is 1190. The Morgan fingerprint density at radius 2 is 1.71 bits per heavy atom. The Hall–Kier alpha value is -3.42. The zero-order valence-electron chi connectivity index (χ0n) is 19.3. The van der Waals surface area contributed by atoms with Gasteiger partial charge in [0.15, 0.2) is 5.11 Å². The number of thiocarbonyl (C=S) groups is 1. The van der Waals surface area contributed by atoms with E-state index in [1.54, 1.807) is 29.2 Å². The molecule has 1 N–H and O–H groups in total. The molecule has 180 valence electrons. The molecule has 3 aromatic carbocycles. The first-order valence-electron chi connectivity index (χ1n) is 11.4. The summed E-state index contributed by atoms with van der Waals surface area (Å²) < 4.78 is 5.59. The van der Waals surface area contributed by atoms with Gasteiger partial charge in [-0.05, 0) is 72.7 Å². The fourth-order valence-corrected chi connectivity index (χ4v) is 4.37. The van der Waals surface area contributed by atoms with Crippen LogP contribution in [0.1, 0.15) is 25.3 Å². The molecule has 0 bridgehead atoms. The molecule has 6 nitrogen and oxygen atoms in total. The summed E-state index contributed by atoms with van der Waals surface area (Å²) in [5.74, 6) is 0.242. The maximum absolute atomic E-state index is 13.5. The lowest BCUT2D eigenvalue weighted by Crippen LogP contribution is -2.37. The van der Waals surface area contributed by atoms with Crippen molar-refractivity contribution in [2.45, 2.75) is 32.4 Å². The number of amides is 2. The maximum Gasteiger partial charge on any atom is 0.256 e. The number of rotatable bonds is 9. The van der Waals surface area contributed by atoms with E-state index in [2.05, 4.69) is 5.32 Å². The van der Waals surface area contributed by atoms with Crippen LogP contribution in [0.25, 0.3) is 0 Å². The molecule has 0 radical (unpaired) electrons. The van der Waals surface area contributed by atoms with Crippen LogP contribution in [0.3, 0.4) is 0 Å². The number of hydrogen-bond donors (Lipinski definition) is 1. The van der Waals surface area contributed by atoms with E-state index in [1.165, 1.54) is 4.90 Å². The lowest BCUT2D eigenvalue weighted by atomic mass is 10.1. The number of nitrogens with one attached hydrogen (secondary N) is 1. The Labute approximate surface area is 215 Å². The van der Waals surface area contributed by atoms with Crippen molar-refractivity contribution in [3.63, 3.8) is 0 Å². The Morgan fingerprint density at radius 3 is 2.37 bits per heavy atom. The van der Waals surface area contributed by atoms with Gasteiger partial charge in [0.05, 0.1) is 18.7 Å². The van der Waals surface area contributed by atoms with Gasteiger partial charge < -0.3 is 15.0 Å². The summed E-state index contributed by atoms with van der Waals surface area (Å²) in [7, 11) is 0. The first-order chi connectivity index (χ1) is 17.0. The third-order valence-corrected chi connectivity index (χ3v) is 6.26. The van der Waals surface area contributed by atoms with Crippen LogP contribution in [0.15, 0.2) is 78.9 Å². The highest BCUT2D eigenvalue weighted by molar-refractivity contribution is 7.80. The van der Waals surface area contributed by atoms with Crippen molar-refractivity contribution >= 4 is 52.1 Å². The van der Waals surface area contributed by atoms with Crippen LogP contribution in [0.4, 0.5) is 11.4 Å². The van der Waals surface area contributed by atoms with Gasteiger partial charge in [-0.2, -0.15) is 0 Å². The zero-order valence-corrected chi connectivity index (χ0v) is 20.9. The van der Waals surface area contributed by atoms with Gasteiger partial charge in [-0.1, -0.05) is 48.9 Å². The average molecular weight is 508 g/mol. The Balaban J connectivity index is 1.52. The van der Waals surface area contributed by atoms with Gasteiger partial charge in [0.1, 0.15) is 11.8 Å². The Morgan fingerprint density at radius 1 is 1.03 bits per heavy atom. The molecule has 1 atom stereocenters. The minimum atomic E-state index is -0.731. The number of carbonyl (C=O) groups excluding carboxylic acids is 2. The van der Waals surface area contributed by atoms with Crippen molar-refractivity contribution < 1.29 is 14.3 Å². The van der Waals surface area contributed by atoms with Gasteiger partial charge in [-0.15, -0.1) is 0 Å². The van der Waals surface area contributed by atoms with E-state index < -0.39 is 6.04 Å². The van der Waals surface area contributed by atoms with Crippen molar-refractivity contribution in [3.8, 4) is 5.75 Å². The number of ether oxygens (including phenoxy) is 1. The molecule has 1 saturated heterocycles. The molecule has 1 aliphatic rings. The topological polar surface area (TPSA) is 61.9 Å². The highest BCUT2D eigenvalue weighted by atomic mass is 35.5. The van der Waals surface area contributed by atoms with Gasteiger partial charge in [0.2, 0.25) is 5.91 Å². The number of halogens is 1. The van der Waals surface area contributed by atoms with Crippen molar-refractivity contribution in [2.24, 2.45) is 0 Å². The van der Waals surface area contributed by atoms with Gasteiger partial charge in [-0.25, -0.2) is 0 Å². The molecule has 1 unspecified atom stereocenters. The highest BCUT2D eigenvalue weighted by Crippen LogP contribution is 2.29. The molecule has 35 heavy (non-hydrogen) atoms. The minimum absolute atomic E-state index is 0.0377. The molecule has 0 saturated carbocycles.